The summed E-state index contributed by atoms with van der Waals surface area (Å²) in [6, 6.07) is 0. The van der Waals surface area contributed by atoms with Gasteiger partial charge in [0, 0.05) is 23.2 Å². The Morgan fingerprint density at radius 3 is 2.59 bits per heavy atom. The van der Waals surface area contributed by atoms with Gasteiger partial charge in [0.05, 0.1) is 0 Å². The maximum absolute atomic E-state index is 11.6. The first-order chi connectivity index (χ1) is 15.2. The number of rotatable bonds is 7. The van der Waals surface area contributed by atoms with E-state index < -0.39 is 0 Å². The Morgan fingerprint density at radius 2 is 1.91 bits per heavy atom. The SMILES string of the molecule is CC(=O)O[C@H]1CC[C@@]2(CI)C(=CC[C@@H]3[C@@H]2CC[C@]2(C)C([C@H](C)CCCC(C)C)CC[C@@H]32)C1. The molecule has 0 aliphatic heterocycles. The number of fused-ring (bicyclic) bond motifs is 5. The average Bonchev–Trinajstić information content (AvgIpc) is 3.10. The highest BCUT2D eigenvalue weighted by molar-refractivity contribution is 14.1. The molecule has 8 atom stereocenters. The van der Waals surface area contributed by atoms with Crippen LogP contribution >= 0.6 is 22.6 Å². The predicted octanol–water partition coefficient (Wildman–Crippen LogP) is 8.37. The first-order valence-corrected chi connectivity index (χ1v) is 15.2. The maximum atomic E-state index is 11.6. The topological polar surface area (TPSA) is 26.3 Å². The van der Waals surface area contributed by atoms with Crippen molar-refractivity contribution in [1.29, 1.82) is 0 Å². The Bertz CT molecular complexity index is 714. The number of carbonyl (C=O) groups excluding carboxylic acids is 1. The van der Waals surface area contributed by atoms with Crippen LogP contribution < -0.4 is 0 Å². The van der Waals surface area contributed by atoms with Crippen LogP contribution in [0.5, 0.6) is 0 Å². The smallest absolute Gasteiger partial charge is 0.302 e. The standard InChI is InChI=1S/C29H47IO2/c1-19(2)7-6-8-20(3)25-11-12-26-24-10-9-22-17-23(32-21(4)31)13-16-29(22,18-30)27(24)14-15-28(25,26)5/h9,19-20,23-27H,6-8,10-18H2,1-5H3/t20-,23+,24+,25?,26+,27+,28-,29-/m1/s1. The van der Waals surface area contributed by atoms with Crippen molar-refractivity contribution in [2.45, 2.75) is 111 Å². The summed E-state index contributed by atoms with van der Waals surface area (Å²) < 4.78 is 6.90. The summed E-state index contributed by atoms with van der Waals surface area (Å²) >= 11 is 2.68. The third-order valence-corrected chi connectivity index (χ3v) is 11.9. The molecular weight excluding hydrogens is 507 g/mol. The molecule has 4 rings (SSSR count). The van der Waals surface area contributed by atoms with Gasteiger partial charge in [-0.25, -0.2) is 0 Å². The van der Waals surface area contributed by atoms with E-state index in [0.717, 1.165) is 48.3 Å². The van der Waals surface area contributed by atoms with E-state index in [1.165, 1.54) is 62.2 Å². The molecule has 0 bridgehead atoms. The minimum absolute atomic E-state index is 0.112. The number of carbonyl (C=O) groups is 1. The highest BCUT2D eigenvalue weighted by Crippen LogP contribution is 2.67. The highest BCUT2D eigenvalue weighted by Gasteiger charge is 2.60. The zero-order valence-corrected chi connectivity index (χ0v) is 23.5. The van der Waals surface area contributed by atoms with E-state index in [0.29, 0.717) is 10.8 Å². The summed E-state index contributed by atoms with van der Waals surface area (Å²) in [5.41, 5.74) is 2.58. The van der Waals surface area contributed by atoms with Crippen LogP contribution in [0, 0.1) is 46.3 Å². The van der Waals surface area contributed by atoms with Crippen LogP contribution in [0.3, 0.4) is 0 Å². The van der Waals surface area contributed by atoms with Gasteiger partial charge in [-0.1, -0.05) is 81.2 Å². The number of allylic oxidation sites excluding steroid dienone is 1. The number of alkyl halides is 1. The molecule has 1 unspecified atom stereocenters. The Balaban J connectivity index is 1.50. The van der Waals surface area contributed by atoms with E-state index >= 15 is 0 Å². The van der Waals surface area contributed by atoms with E-state index in [4.69, 9.17) is 4.74 Å². The van der Waals surface area contributed by atoms with Crippen molar-refractivity contribution in [3.63, 3.8) is 0 Å². The number of esters is 1. The van der Waals surface area contributed by atoms with Crippen LogP contribution in [0.1, 0.15) is 105 Å². The molecule has 4 aliphatic carbocycles. The van der Waals surface area contributed by atoms with Crippen LogP contribution in [-0.2, 0) is 9.53 Å². The lowest BCUT2D eigenvalue weighted by atomic mass is 9.47. The molecule has 0 aromatic rings. The first-order valence-electron chi connectivity index (χ1n) is 13.6. The molecule has 182 valence electrons. The van der Waals surface area contributed by atoms with Crippen LogP contribution in [0.15, 0.2) is 11.6 Å². The van der Waals surface area contributed by atoms with E-state index in [-0.39, 0.29) is 12.1 Å². The van der Waals surface area contributed by atoms with Gasteiger partial charge in [0.1, 0.15) is 6.10 Å². The van der Waals surface area contributed by atoms with Gasteiger partial charge in [-0.3, -0.25) is 4.79 Å². The molecule has 2 nitrogen and oxygen atoms in total. The Hall–Kier alpha value is -0.0600. The lowest BCUT2D eigenvalue weighted by Gasteiger charge is -2.59. The lowest BCUT2D eigenvalue weighted by Crippen LogP contribution is -2.52. The van der Waals surface area contributed by atoms with Crippen LogP contribution in [-0.4, -0.2) is 16.5 Å². The number of halogens is 1. The van der Waals surface area contributed by atoms with Crippen molar-refractivity contribution in [3.8, 4) is 0 Å². The molecule has 0 aromatic heterocycles. The Morgan fingerprint density at radius 1 is 1.12 bits per heavy atom. The number of hydrogen-bond acceptors (Lipinski definition) is 2. The Kier molecular flexibility index (Phi) is 7.75. The molecule has 3 saturated carbocycles. The molecule has 0 saturated heterocycles. The third kappa shape index (κ3) is 4.47. The summed E-state index contributed by atoms with van der Waals surface area (Å²) in [4.78, 5) is 11.6. The van der Waals surface area contributed by atoms with Crippen molar-refractivity contribution in [2.75, 3.05) is 4.43 Å². The normalized spacial score (nSPS) is 42.0. The van der Waals surface area contributed by atoms with Gasteiger partial charge in [0.25, 0.3) is 0 Å². The molecule has 3 fully saturated rings. The highest BCUT2D eigenvalue weighted by atomic mass is 127. The molecule has 0 amide bonds. The second kappa shape index (κ2) is 9.90. The van der Waals surface area contributed by atoms with Crippen LogP contribution in [0.25, 0.3) is 0 Å². The van der Waals surface area contributed by atoms with Crippen molar-refractivity contribution in [3.05, 3.63) is 11.6 Å². The first kappa shape index (κ1) is 25.0. The Labute approximate surface area is 211 Å². The van der Waals surface area contributed by atoms with E-state index in [2.05, 4.69) is 56.4 Å². The number of ether oxygens (including phenoxy) is 1. The largest absolute Gasteiger partial charge is 0.462 e. The number of hydrogen-bond donors (Lipinski definition) is 0. The van der Waals surface area contributed by atoms with Crippen LogP contribution in [0.2, 0.25) is 0 Å². The van der Waals surface area contributed by atoms with E-state index in [9.17, 15) is 4.79 Å². The van der Waals surface area contributed by atoms with Crippen LogP contribution in [0.4, 0.5) is 0 Å². The van der Waals surface area contributed by atoms with Gasteiger partial charge >= 0.3 is 5.97 Å². The molecule has 3 heteroatoms. The molecule has 0 spiro atoms. The molecule has 0 radical (unpaired) electrons. The van der Waals surface area contributed by atoms with Gasteiger partial charge in [0.2, 0.25) is 0 Å². The van der Waals surface area contributed by atoms with Gasteiger partial charge in [-0.15, -0.1) is 0 Å². The second-order valence-electron chi connectivity index (χ2n) is 12.6. The van der Waals surface area contributed by atoms with Crippen molar-refractivity contribution in [1.82, 2.24) is 0 Å². The maximum Gasteiger partial charge on any atom is 0.302 e. The van der Waals surface area contributed by atoms with Gasteiger partial charge in [-0.2, -0.15) is 0 Å². The van der Waals surface area contributed by atoms with Gasteiger partial charge in [0.15, 0.2) is 0 Å². The summed E-state index contributed by atoms with van der Waals surface area (Å²) in [5, 5.41) is 0. The zero-order chi connectivity index (χ0) is 23.1. The monoisotopic (exact) mass is 554 g/mol. The van der Waals surface area contributed by atoms with E-state index in [1.807, 2.05) is 0 Å². The summed E-state index contributed by atoms with van der Waals surface area (Å²) in [7, 11) is 0. The third-order valence-electron chi connectivity index (χ3n) is 10.6. The van der Waals surface area contributed by atoms with Crippen molar-refractivity contribution < 1.29 is 9.53 Å². The molecule has 32 heavy (non-hydrogen) atoms. The van der Waals surface area contributed by atoms with E-state index in [1.54, 1.807) is 12.5 Å². The molecule has 0 heterocycles. The lowest BCUT2D eigenvalue weighted by molar-refractivity contribution is -0.148. The minimum atomic E-state index is -0.112. The quantitative estimate of drug-likeness (QED) is 0.137. The average molecular weight is 555 g/mol. The molecule has 4 aliphatic rings. The summed E-state index contributed by atoms with van der Waals surface area (Å²) in [6.07, 6.45) is 17.3. The zero-order valence-electron chi connectivity index (χ0n) is 21.3. The van der Waals surface area contributed by atoms with Gasteiger partial charge in [-0.05, 0) is 85.9 Å². The fourth-order valence-corrected chi connectivity index (χ4v) is 10.5. The molecule has 0 N–H and O–H groups in total. The molecule has 0 aromatic carbocycles. The van der Waals surface area contributed by atoms with Gasteiger partial charge < -0.3 is 4.74 Å². The summed E-state index contributed by atoms with van der Waals surface area (Å²) in [5.74, 6) is 5.19. The second-order valence-corrected chi connectivity index (χ2v) is 13.4. The predicted molar refractivity (Wildman–Crippen MR) is 142 cm³/mol. The molecular formula is C29H47IO2. The summed E-state index contributed by atoms with van der Waals surface area (Å²) in [6.45, 7) is 11.6. The van der Waals surface area contributed by atoms with Crippen molar-refractivity contribution >= 4 is 28.6 Å². The fourth-order valence-electron chi connectivity index (χ4n) is 9.03. The fraction of sp³-hybridized carbons (Fsp3) is 0.897. The minimum Gasteiger partial charge on any atom is -0.462 e. The van der Waals surface area contributed by atoms with Crippen molar-refractivity contribution in [2.24, 2.45) is 46.3 Å².